The quantitative estimate of drug-likeness (QED) is 0.861. The van der Waals surface area contributed by atoms with Gasteiger partial charge in [-0.2, -0.15) is 0 Å². The third-order valence-electron chi connectivity index (χ3n) is 6.18. The van der Waals surface area contributed by atoms with Crippen molar-refractivity contribution >= 4 is 23.4 Å². The van der Waals surface area contributed by atoms with Gasteiger partial charge in [-0.15, -0.1) is 0 Å². The average molecular weight is 373 g/mol. The number of benzene rings is 1. The van der Waals surface area contributed by atoms with Crippen molar-refractivity contribution in [3.63, 3.8) is 0 Å². The Morgan fingerprint density at radius 3 is 2.65 bits per heavy atom. The van der Waals surface area contributed by atoms with E-state index in [-0.39, 0.29) is 17.9 Å². The normalized spacial score (nSPS) is 26.0. The van der Waals surface area contributed by atoms with E-state index >= 15 is 0 Å². The van der Waals surface area contributed by atoms with Crippen LogP contribution in [0.2, 0.25) is 5.02 Å². The second-order valence-corrected chi connectivity index (χ2v) is 8.16. The van der Waals surface area contributed by atoms with Crippen LogP contribution in [-0.2, 0) is 16.1 Å². The lowest BCUT2D eigenvalue weighted by Crippen LogP contribution is -2.52. The van der Waals surface area contributed by atoms with Crippen LogP contribution < -0.4 is 5.32 Å². The molecule has 1 atom stereocenters. The van der Waals surface area contributed by atoms with Gasteiger partial charge in [-0.25, -0.2) is 0 Å². The summed E-state index contributed by atoms with van der Waals surface area (Å²) < 4.78 is 0. The Morgan fingerprint density at radius 1 is 1.19 bits per heavy atom. The number of nitrogens with one attached hydrogen (secondary N) is 1. The number of halogens is 1. The molecule has 5 heteroatoms. The fraction of sp³-hybridized carbons (Fsp3) is 0.524. The highest BCUT2D eigenvalue weighted by Gasteiger charge is 2.52. The van der Waals surface area contributed by atoms with Gasteiger partial charge in [0.2, 0.25) is 11.8 Å². The zero-order valence-corrected chi connectivity index (χ0v) is 15.7. The van der Waals surface area contributed by atoms with Crippen LogP contribution in [0.5, 0.6) is 0 Å². The van der Waals surface area contributed by atoms with Crippen molar-refractivity contribution < 1.29 is 9.59 Å². The first kappa shape index (κ1) is 17.6. The molecule has 1 saturated carbocycles. The molecule has 2 fully saturated rings. The molecule has 1 saturated heterocycles. The maximum Gasteiger partial charge on any atom is 0.232 e. The Kier molecular flexibility index (Phi) is 4.78. The van der Waals surface area contributed by atoms with Crippen molar-refractivity contribution in [2.45, 2.75) is 64.0 Å². The summed E-state index contributed by atoms with van der Waals surface area (Å²) in [5.74, 6) is 0.262. The van der Waals surface area contributed by atoms with Crippen LogP contribution in [0.1, 0.15) is 56.9 Å². The van der Waals surface area contributed by atoms with Gasteiger partial charge < -0.3 is 10.2 Å². The van der Waals surface area contributed by atoms with E-state index in [9.17, 15) is 9.59 Å². The van der Waals surface area contributed by atoms with Crippen molar-refractivity contribution in [3.8, 4) is 0 Å². The molecule has 1 N–H and O–H groups in total. The van der Waals surface area contributed by atoms with E-state index < -0.39 is 5.41 Å². The van der Waals surface area contributed by atoms with Crippen molar-refractivity contribution in [2.24, 2.45) is 5.41 Å². The lowest BCUT2D eigenvalue weighted by Gasteiger charge is -2.44. The molecule has 1 heterocycles. The Balaban J connectivity index is 1.52. The first-order valence-electron chi connectivity index (χ1n) is 9.66. The van der Waals surface area contributed by atoms with E-state index in [4.69, 9.17) is 11.6 Å². The monoisotopic (exact) mass is 372 g/mol. The molecule has 0 spiro atoms. The number of hydrogen-bond donors (Lipinski definition) is 1. The van der Waals surface area contributed by atoms with Gasteiger partial charge in [0.15, 0.2) is 0 Å². The topological polar surface area (TPSA) is 49.4 Å². The van der Waals surface area contributed by atoms with Crippen LogP contribution in [0.4, 0.5) is 0 Å². The highest BCUT2D eigenvalue weighted by molar-refractivity contribution is 6.30. The predicted molar refractivity (Wildman–Crippen MR) is 101 cm³/mol. The molecule has 3 aliphatic rings. The van der Waals surface area contributed by atoms with E-state index in [2.05, 4.69) is 11.4 Å². The molecule has 26 heavy (non-hydrogen) atoms. The summed E-state index contributed by atoms with van der Waals surface area (Å²) >= 11 is 5.93. The maximum absolute atomic E-state index is 13.2. The SMILES string of the molecule is O=C1CC[C@]2(C(=O)NCc3ccc(Cl)cc3)CCC=C2N1C1CCCC1. The molecule has 0 unspecified atom stereocenters. The van der Waals surface area contributed by atoms with E-state index in [1.165, 1.54) is 12.8 Å². The zero-order chi connectivity index (χ0) is 18.1. The van der Waals surface area contributed by atoms with Crippen LogP contribution in [0.25, 0.3) is 0 Å². The second kappa shape index (κ2) is 7.07. The van der Waals surface area contributed by atoms with Gasteiger partial charge >= 0.3 is 0 Å². The van der Waals surface area contributed by atoms with Gasteiger partial charge in [-0.3, -0.25) is 9.59 Å². The Morgan fingerprint density at radius 2 is 1.92 bits per heavy atom. The van der Waals surface area contributed by atoms with Gasteiger partial charge in [0.1, 0.15) is 0 Å². The molecule has 4 nitrogen and oxygen atoms in total. The van der Waals surface area contributed by atoms with Crippen LogP contribution in [0.15, 0.2) is 36.0 Å². The summed E-state index contributed by atoms with van der Waals surface area (Å²) in [7, 11) is 0. The van der Waals surface area contributed by atoms with Crippen molar-refractivity contribution in [1.29, 1.82) is 0 Å². The number of rotatable bonds is 4. The number of likely N-dealkylation sites (tertiary alicyclic amines) is 1. The summed E-state index contributed by atoms with van der Waals surface area (Å²) in [5.41, 5.74) is 1.49. The van der Waals surface area contributed by atoms with Gasteiger partial charge in [-0.1, -0.05) is 42.7 Å². The fourth-order valence-electron chi connectivity index (χ4n) is 4.80. The van der Waals surface area contributed by atoms with Gasteiger partial charge in [-0.05, 0) is 49.8 Å². The van der Waals surface area contributed by atoms with Crippen LogP contribution in [-0.4, -0.2) is 22.8 Å². The number of nitrogens with zero attached hydrogens (tertiary/aromatic N) is 1. The molecule has 2 amide bonds. The van der Waals surface area contributed by atoms with E-state index in [0.717, 1.165) is 36.9 Å². The van der Waals surface area contributed by atoms with Gasteiger partial charge in [0.25, 0.3) is 0 Å². The molecule has 1 aromatic carbocycles. The third-order valence-corrected chi connectivity index (χ3v) is 6.44. The molecule has 1 aliphatic heterocycles. The molecular weight excluding hydrogens is 348 g/mol. The summed E-state index contributed by atoms with van der Waals surface area (Å²) in [4.78, 5) is 27.8. The predicted octanol–water partition coefficient (Wildman–Crippen LogP) is 4.19. The summed E-state index contributed by atoms with van der Waals surface area (Å²) in [6.45, 7) is 0.488. The largest absolute Gasteiger partial charge is 0.351 e. The lowest BCUT2D eigenvalue weighted by molar-refractivity contribution is -0.141. The first-order chi connectivity index (χ1) is 12.6. The molecule has 0 radical (unpaired) electrons. The second-order valence-electron chi connectivity index (χ2n) is 7.72. The molecular formula is C21H25ClN2O2. The number of carbonyl (C=O) groups is 2. The van der Waals surface area contributed by atoms with E-state index in [1.54, 1.807) is 0 Å². The lowest BCUT2D eigenvalue weighted by atomic mass is 9.75. The average Bonchev–Trinajstić information content (AvgIpc) is 3.31. The summed E-state index contributed by atoms with van der Waals surface area (Å²) in [5, 5.41) is 3.81. The minimum absolute atomic E-state index is 0.0618. The first-order valence-corrected chi connectivity index (χ1v) is 10.0. The molecule has 0 bridgehead atoms. The highest BCUT2D eigenvalue weighted by Crippen LogP contribution is 2.50. The number of hydrogen-bond acceptors (Lipinski definition) is 2. The Labute approximate surface area is 159 Å². The zero-order valence-electron chi connectivity index (χ0n) is 15.0. The number of amides is 2. The minimum Gasteiger partial charge on any atom is -0.351 e. The van der Waals surface area contributed by atoms with Crippen molar-refractivity contribution in [2.75, 3.05) is 0 Å². The summed E-state index contributed by atoms with van der Waals surface area (Å²) in [6.07, 6.45) is 9.41. The number of carbonyl (C=O) groups excluding carboxylic acids is 2. The van der Waals surface area contributed by atoms with Gasteiger partial charge in [0, 0.05) is 29.7 Å². The smallest absolute Gasteiger partial charge is 0.232 e. The van der Waals surface area contributed by atoms with Gasteiger partial charge in [0.05, 0.1) is 5.41 Å². The highest BCUT2D eigenvalue weighted by atomic mass is 35.5. The Hall–Kier alpha value is -1.81. The standard InChI is InChI=1S/C21H25ClN2O2/c22-16-9-7-15(8-10-16)14-23-20(26)21-12-3-6-18(21)24(19(25)11-13-21)17-4-1-2-5-17/h6-10,17H,1-5,11-14H2,(H,23,26)/t21-/m1/s1. The molecule has 4 rings (SSSR count). The molecule has 1 aromatic rings. The fourth-order valence-corrected chi connectivity index (χ4v) is 4.92. The summed E-state index contributed by atoms with van der Waals surface area (Å²) in [6, 6.07) is 7.82. The minimum atomic E-state index is -0.525. The maximum atomic E-state index is 13.2. The molecule has 2 aliphatic carbocycles. The number of fused-ring (bicyclic) bond motifs is 1. The van der Waals surface area contributed by atoms with Crippen LogP contribution in [0, 0.1) is 5.41 Å². The third kappa shape index (κ3) is 3.05. The Bertz CT molecular complexity index is 737. The number of piperidine rings is 1. The van der Waals surface area contributed by atoms with E-state index in [1.807, 2.05) is 29.2 Å². The van der Waals surface area contributed by atoms with Crippen molar-refractivity contribution in [3.05, 3.63) is 46.6 Å². The van der Waals surface area contributed by atoms with Crippen LogP contribution >= 0.6 is 11.6 Å². The molecule has 138 valence electrons. The molecule has 0 aromatic heterocycles. The number of allylic oxidation sites excluding steroid dienone is 1. The van der Waals surface area contributed by atoms with Crippen LogP contribution in [0.3, 0.4) is 0 Å². The van der Waals surface area contributed by atoms with E-state index in [0.29, 0.717) is 24.4 Å². The van der Waals surface area contributed by atoms with Crippen molar-refractivity contribution in [1.82, 2.24) is 10.2 Å².